The molecule has 2 aromatic rings. The number of likely N-dealkylation sites (tertiary alicyclic amines) is 1. The number of carbonyl (C=O) groups excluding carboxylic acids is 3. The molecule has 1 aromatic heterocycles. The molecule has 0 bridgehead atoms. The van der Waals surface area contributed by atoms with E-state index in [9.17, 15) is 14.4 Å². The summed E-state index contributed by atoms with van der Waals surface area (Å²) < 4.78 is 16.8. The maximum atomic E-state index is 13.5. The summed E-state index contributed by atoms with van der Waals surface area (Å²) >= 11 is 5.92. The van der Waals surface area contributed by atoms with Gasteiger partial charge in [-0.3, -0.25) is 9.69 Å². The summed E-state index contributed by atoms with van der Waals surface area (Å²) in [6.07, 6.45) is 2.68. The van der Waals surface area contributed by atoms with E-state index in [1.807, 2.05) is 4.90 Å². The van der Waals surface area contributed by atoms with Crippen LogP contribution in [0.5, 0.6) is 0 Å². The van der Waals surface area contributed by atoms with Crippen molar-refractivity contribution in [2.24, 2.45) is 0 Å². The van der Waals surface area contributed by atoms with E-state index in [1.165, 1.54) is 13.0 Å². The zero-order valence-corrected chi connectivity index (χ0v) is 17.1. The van der Waals surface area contributed by atoms with Gasteiger partial charge in [-0.25, -0.2) is 9.59 Å². The molecule has 0 saturated carbocycles. The molecule has 2 atom stereocenters. The second-order valence-electron chi connectivity index (χ2n) is 7.39. The molecule has 0 amide bonds. The number of ketones is 1. The number of Topliss-reactive ketones (excluding diaryl/α,β-unsaturated/α-hetero) is 1. The zero-order valence-electron chi connectivity index (χ0n) is 16.3. The number of esters is 2. The molecule has 0 radical (unpaired) electrons. The Morgan fingerprint density at radius 1 is 1.03 bits per heavy atom. The first-order valence-electron chi connectivity index (χ1n) is 9.63. The largest absolute Gasteiger partial charge is 0.453 e. The van der Waals surface area contributed by atoms with E-state index in [4.69, 9.17) is 25.5 Å². The summed E-state index contributed by atoms with van der Waals surface area (Å²) in [6, 6.07) is 10.1. The molecule has 7 nitrogen and oxygen atoms in total. The number of benzene rings is 1. The Kier molecular flexibility index (Phi) is 5.49. The van der Waals surface area contributed by atoms with Gasteiger partial charge in [0.1, 0.15) is 5.76 Å². The van der Waals surface area contributed by atoms with Crippen LogP contribution in [0.3, 0.4) is 0 Å². The average molecular weight is 430 g/mol. The summed E-state index contributed by atoms with van der Waals surface area (Å²) in [5.74, 6) is -1.62. The van der Waals surface area contributed by atoms with Gasteiger partial charge in [-0.05, 0) is 56.2 Å². The van der Waals surface area contributed by atoms with Gasteiger partial charge in [0.25, 0.3) is 0 Å². The number of carbonyl (C=O) groups is 3. The summed E-state index contributed by atoms with van der Waals surface area (Å²) in [7, 11) is 0. The van der Waals surface area contributed by atoms with Gasteiger partial charge in [0.05, 0.1) is 0 Å². The Morgan fingerprint density at radius 2 is 1.70 bits per heavy atom. The number of furan rings is 1. The van der Waals surface area contributed by atoms with Gasteiger partial charge in [-0.1, -0.05) is 11.6 Å². The van der Waals surface area contributed by atoms with Crippen LogP contribution in [0.2, 0.25) is 5.02 Å². The van der Waals surface area contributed by atoms with Gasteiger partial charge in [-0.15, -0.1) is 0 Å². The van der Waals surface area contributed by atoms with E-state index < -0.39 is 29.6 Å². The van der Waals surface area contributed by atoms with Gasteiger partial charge in [-0.2, -0.15) is 0 Å². The lowest BCUT2D eigenvalue weighted by molar-refractivity contribution is -0.190. The molecule has 156 valence electrons. The van der Waals surface area contributed by atoms with Crippen LogP contribution in [-0.2, 0) is 19.1 Å². The highest BCUT2D eigenvalue weighted by Crippen LogP contribution is 2.33. The monoisotopic (exact) mass is 429 g/mol. The molecule has 0 spiro atoms. The number of hydrogen-bond acceptors (Lipinski definition) is 7. The van der Waals surface area contributed by atoms with E-state index in [0.29, 0.717) is 23.9 Å². The van der Waals surface area contributed by atoms with Crippen molar-refractivity contribution in [3.05, 3.63) is 59.3 Å². The van der Waals surface area contributed by atoms with Crippen molar-refractivity contribution in [2.45, 2.75) is 31.6 Å². The lowest BCUT2D eigenvalue weighted by Gasteiger charge is -2.39. The number of ether oxygens (including phenoxy) is 2. The quantitative estimate of drug-likeness (QED) is 0.542. The predicted molar refractivity (Wildman–Crippen MR) is 108 cm³/mol. The smallest absolute Gasteiger partial charge is 0.332 e. The summed E-state index contributed by atoms with van der Waals surface area (Å²) in [6.45, 7) is 2.69. The molecule has 30 heavy (non-hydrogen) atoms. The molecule has 8 heteroatoms. The van der Waals surface area contributed by atoms with Crippen molar-refractivity contribution in [1.29, 1.82) is 0 Å². The van der Waals surface area contributed by atoms with Crippen LogP contribution in [0.1, 0.15) is 30.3 Å². The normalized spacial score (nSPS) is 25.9. The summed E-state index contributed by atoms with van der Waals surface area (Å²) in [5, 5.41) is 0.582. The molecule has 0 aliphatic carbocycles. The molecule has 1 fully saturated rings. The van der Waals surface area contributed by atoms with Crippen molar-refractivity contribution in [3.63, 3.8) is 0 Å². The van der Waals surface area contributed by atoms with Crippen LogP contribution in [-0.4, -0.2) is 47.5 Å². The molecule has 0 N–H and O–H groups in total. The minimum atomic E-state index is -1.77. The van der Waals surface area contributed by atoms with Crippen LogP contribution in [0, 0.1) is 0 Å². The average Bonchev–Trinajstić information content (AvgIpc) is 3.42. The van der Waals surface area contributed by atoms with Crippen LogP contribution in [0.15, 0.2) is 53.0 Å². The van der Waals surface area contributed by atoms with Gasteiger partial charge in [0, 0.05) is 35.8 Å². The molecule has 3 heterocycles. The SMILES string of the molecule is CC1(C(=O)c2ccc(-c3ccc(Cl)cc3)o2)OC(=O)/C=C\C(=O)OC1N1CCCC1. The van der Waals surface area contributed by atoms with Crippen LogP contribution >= 0.6 is 11.6 Å². The molecule has 2 aliphatic heterocycles. The number of rotatable bonds is 4. The third kappa shape index (κ3) is 3.91. The first-order chi connectivity index (χ1) is 14.4. The van der Waals surface area contributed by atoms with Gasteiger partial charge >= 0.3 is 11.9 Å². The van der Waals surface area contributed by atoms with Gasteiger partial charge in [0.2, 0.25) is 17.6 Å². The van der Waals surface area contributed by atoms with E-state index in [-0.39, 0.29) is 5.76 Å². The molecule has 1 aromatic carbocycles. The van der Waals surface area contributed by atoms with Crippen molar-refractivity contribution >= 4 is 29.3 Å². The highest BCUT2D eigenvalue weighted by Gasteiger charge is 2.52. The highest BCUT2D eigenvalue weighted by molar-refractivity contribution is 6.30. The number of nitrogens with zero attached hydrogens (tertiary/aromatic N) is 1. The predicted octanol–water partition coefficient (Wildman–Crippen LogP) is 3.62. The van der Waals surface area contributed by atoms with Crippen molar-refractivity contribution in [1.82, 2.24) is 4.90 Å². The standard InChI is InChI=1S/C22H20ClNO6/c1-22(20(27)17-9-8-16(28-17)14-4-6-15(23)7-5-14)21(24-12-2-3-13-24)29-18(25)10-11-19(26)30-22/h4-11,21H,2-3,12-13H2,1H3/b11-10-. The second kappa shape index (κ2) is 8.08. The van der Waals surface area contributed by atoms with Crippen LogP contribution in [0.25, 0.3) is 11.3 Å². The molecular formula is C22H20ClNO6. The molecule has 2 unspecified atom stereocenters. The number of cyclic esters (lactones) is 2. The van der Waals surface area contributed by atoms with Gasteiger partial charge in [0.15, 0.2) is 5.76 Å². The lowest BCUT2D eigenvalue weighted by Crippen LogP contribution is -2.59. The Morgan fingerprint density at radius 3 is 2.40 bits per heavy atom. The third-order valence-electron chi connectivity index (χ3n) is 5.25. The molecule has 4 rings (SSSR count). The Labute approximate surface area is 178 Å². The molecular weight excluding hydrogens is 410 g/mol. The second-order valence-corrected chi connectivity index (χ2v) is 7.83. The Hall–Kier alpha value is -2.90. The molecule has 2 aliphatic rings. The van der Waals surface area contributed by atoms with E-state index in [2.05, 4.69) is 0 Å². The minimum Gasteiger partial charge on any atom is -0.453 e. The first kappa shape index (κ1) is 20.4. The van der Waals surface area contributed by atoms with Crippen LogP contribution < -0.4 is 0 Å². The fraction of sp³-hybridized carbons (Fsp3) is 0.318. The first-order valence-corrected chi connectivity index (χ1v) is 10.0. The Balaban J connectivity index is 1.70. The molecule has 1 saturated heterocycles. The zero-order chi connectivity index (χ0) is 21.3. The Bertz CT molecular complexity index is 1000. The minimum absolute atomic E-state index is 0.0000454. The fourth-order valence-electron chi connectivity index (χ4n) is 3.72. The van der Waals surface area contributed by atoms with E-state index >= 15 is 0 Å². The lowest BCUT2D eigenvalue weighted by atomic mass is 9.95. The summed E-state index contributed by atoms with van der Waals surface area (Å²) in [4.78, 5) is 39.7. The third-order valence-corrected chi connectivity index (χ3v) is 5.50. The number of hydrogen-bond donors (Lipinski definition) is 0. The number of halogens is 1. The fourth-order valence-corrected chi connectivity index (χ4v) is 3.85. The highest BCUT2D eigenvalue weighted by atomic mass is 35.5. The summed E-state index contributed by atoms with van der Waals surface area (Å²) in [5.41, 5.74) is -1.03. The maximum absolute atomic E-state index is 13.5. The van der Waals surface area contributed by atoms with Crippen molar-refractivity contribution < 1.29 is 28.3 Å². The van der Waals surface area contributed by atoms with E-state index in [1.54, 1.807) is 30.3 Å². The topological polar surface area (TPSA) is 86.0 Å². The van der Waals surface area contributed by atoms with E-state index in [0.717, 1.165) is 30.6 Å². The maximum Gasteiger partial charge on any atom is 0.332 e. The van der Waals surface area contributed by atoms with Crippen molar-refractivity contribution in [3.8, 4) is 11.3 Å². The van der Waals surface area contributed by atoms with Crippen molar-refractivity contribution in [2.75, 3.05) is 13.1 Å². The van der Waals surface area contributed by atoms with Gasteiger partial charge < -0.3 is 13.9 Å². The van der Waals surface area contributed by atoms with Crippen LogP contribution in [0.4, 0.5) is 0 Å².